The zero-order chi connectivity index (χ0) is 11.4. The molecule has 0 fully saturated rings. The van der Waals surface area contributed by atoms with Gasteiger partial charge in [-0.05, 0) is 19.1 Å². The monoisotopic (exact) mass is 227 g/mol. The van der Waals surface area contributed by atoms with Crippen molar-refractivity contribution in [3.05, 3.63) is 47.9 Å². The largest absolute Gasteiger partial charge is 0.245 e. The van der Waals surface area contributed by atoms with E-state index in [1.807, 2.05) is 31.2 Å². The van der Waals surface area contributed by atoms with Crippen LogP contribution in [0, 0.1) is 18.3 Å². The topological polar surface area (TPSA) is 49.6 Å². The van der Waals surface area contributed by atoms with Crippen LogP contribution in [0.4, 0.5) is 0 Å². The molecular weight excluding hydrogens is 218 g/mol. The first-order valence-electron chi connectivity index (χ1n) is 4.75. The van der Waals surface area contributed by atoms with Crippen LogP contribution in [0.5, 0.6) is 0 Å². The van der Waals surface area contributed by atoms with Gasteiger partial charge in [0.25, 0.3) is 0 Å². The van der Waals surface area contributed by atoms with E-state index in [2.05, 4.69) is 16.0 Å². The summed E-state index contributed by atoms with van der Waals surface area (Å²) in [5, 5.41) is 9.53. The second-order valence-corrected chi connectivity index (χ2v) is 4.30. The maximum absolute atomic E-state index is 8.89. The summed E-state index contributed by atoms with van der Waals surface area (Å²) in [5.74, 6) is 0. The van der Waals surface area contributed by atoms with Gasteiger partial charge >= 0.3 is 0 Å². The van der Waals surface area contributed by atoms with Crippen LogP contribution >= 0.6 is 11.8 Å². The van der Waals surface area contributed by atoms with Gasteiger partial charge in [-0.3, -0.25) is 0 Å². The average Bonchev–Trinajstić information content (AvgIpc) is 2.30. The molecule has 1 heterocycles. The van der Waals surface area contributed by atoms with E-state index in [0.717, 1.165) is 4.90 Å². The smallest absolute Gasteiger partial charge is 0.173 e. The molecule has 0 spiro atoms. The molecule has 0 bridgehead atoms. The molecule has 0 unspecified atom stereocenters. The fraction of sp³-hybridized carbons (Fsp3) is 0.0833. The Morgan fingerprint density at radius 2 is 2.06 bits per heavy atom. The van der Waals surface area contributed by atoms with Crippen molar-refractivity contribution >= 4 is 11.8 Å². The van der Waals surface area contributed by atoms with Crippen molar-refractivity contribution < 1.29 is 0 Å². The van der Waals surface area contributed by atoms with Crippen molar-refractivity contribution in [1.82, 2.24) is 9.97 Å². The van der Waals surface area contributed by atoms with Crippen LogP contribution in [0.3, 0.4) is 0 Å². The van der Waals surface area contributed by atoms with E-state index in [0.29, 0.717) is 10.7 Å². The summed E-state index contributed by atoms with van der Waals surface area (Å²) in [6.07, 6.45) is 3.12. The Labute approximate surface area is 98.2 Å². The molecule has 78 valence electrons. The summed E-state index contributed by atoms with van der Waals surface area (Å²) in [7, 11) is 0. The summed E-state index contributed by atoms with van der Waals surface area (Å²) in [4.78, 5) is 9.19. The van der Waals surface area contributed by atoms with E-state index < -0.39 is 0 Å². The lowest BCUT2D eigenvalue weighted by Crippen LogP contribution is -1.89. The van der Waals surface area contributed by atoms with Crippen molar-refractivity contribution in [2.45, 2.75) is 16.8 Å². The van der Waals surface area contributed by atoms with Gasteiger partial charge in [-0.25, -0.2) is 9.97 Å². The van der Waals surface area contributed by atoms with Crippen molar-refractivity contribution in [3.63, 3.8) is 0 Å². The molecule has 0 aliphatic rings. The SMILES string of the molecule is Cc1cccc(Sc2nccnc2C#N)c1. The first-order valence-corrected chi connectivity index (χ1v) is 5.57. The molecule has 0 aliphatic carbocycles. The van der Waals surface area contributed by atoms with Gasteiger partial charge in [0, 0.05) is 17.3 Å². The van der Waals surface area contributed by atoms with Crippen molar-refractivity contribution in [1.29, 1.82) is 5.26 Å². The van der Waals surface area contributed by atoms with Crippen LogP contribution in [0.15, 0.2) is 46.6 Å². The molecule has 1 aromatic carbocycles. The van der Waals surface area contributed by atoms with Gasteiger partial charge in [-0.2, -0.15) is 5.26 Å². The Hall–Kier alpha value is -1.86. The van der Waals surface area contributed by atoms with E-state index in [4.69, 9.17) is 5.26 Å². The molecule has 3 nitrogen and oxygen atoms in total. The summed E-state index contributed by atoms with van der Waals surface area (Å²) < 4.78 is 0. The van der Waals surface area contributed by atoms with Gasteiger partial charge in [-0.15, -0.1) is 0 Å². The molecule has 0 saturated heterocycles. The van der Waals surface area contributed by atoms with E-state index >= 15 is 0 Å². The summed E-state index contributed by atoms with van der Waals surface area (Å²) in [5.41, 5.74) is 1.56. The van der Waals surface area contributed by atoms with E-state index in [9.17, 15) is 0 Å². The molecule has 1 aromatic heterocycles. The number of aryl methyl sites for hydroxylation is 1. The van der Waals surface area contributed by atoms with E-state index in [1.165, 1.54) is 23.5 Å². The Balaban J connectivity index is 2.31. The predicted octanol–water partition coefficient (Wildman–Crippen LogP) is 2.81. The molecule has 0 aliphatic heterocycles. The maximum Gasteiger partial charge on any atom is 0.173 e. The normalized spacial score (nSPS) is 9.75. The lowest BCUT2D eigenvalue weighted by molar-refractivity contribution is 1.02. The van der Waals surface area contributed by atoms with Gasteiger partial charge in [0.2, 0.25) is 0 Å². The first-order chi connectivity index (χ1) is 7.79. The average molecular weight is 227 g/mol. The van der Waals surface area contributed by atoms with Crippen molar-refractivity contribution in [3.8, 4) is 6.07 Å². The predicted molar refractivity (Wildman–Crippen MR) is 62.0 cm³/mol. The zero-order valence-electron chi connectivity index (χ0n) is 8.71. The molecule has 0 saturated carbocycles. The molecule has 0 amide bonds. The standard InChI is InChI=1S/C12H9N3S/c1-9-3-2-4-10(7-9)16-12-11(8-13)14-5-6-15-12/h2-7H,1H3. The lowest BCUT2D eigenvalue weighted by atomic mass is 10.2. The number of hydrogen-bond acceptors (Lipinski definition) is 4. The lowest BCUT2D eigenvalue weighted by Gasteiger charge is -2.02. The molecule has 4 heteroatoms. The Morgan fingerprint density at radius 1 is 1.25 bits per heavy atom. The minimum atomic E-state index is 0.369. The molecule has 0 radical (unpaired) electrons. The highest BCUT2D eigenvalue weighted by atomic mass is 32.2. The first kappa shape index (κ1) is 10.7. The molecule has 0 N–H and O–H groups in total. The van der Waals surface area contributed by atoms with Crippen LogP contribution < -0.4 is 0 Å². The quantitative estimate of drug-likeness (QED) is 0.791. The highest BCUT2D eigenvalue weighted by molar-refractivity contribution is 7.99. The summed E-state index contributed by atoms with van der Waals surface area (Å²) in [6.45, 7) is 2.03. The zero-order valence-corrected chi connectivity index (χ0v) is 9.53. The fourth-order valence-electron chi connectivity index (χ4n) is 1.27. The third-order valence-corrected chi connectivity index (χ3v) is 2.96. The van der Waals surface area contributed by atoms with Crippen molar-refractivity contribution in [2.75, 3.05) is 0 Å². The van der Waals surface area contributed by atoms with Gasteiger partial charge in [0.15, 0.2) is 5.69 Å². The van der Waals surface area contributed by atoms with Gasteiger partial charge in [0.1, 0.15) is 11.1 Å². The number of aromatic nitrogens is 2. The van der Waals surface area contributed by atoms with Crippen LogP contribution in [-0.4, -0.2) is 9.97 Å². The van der Waals surface area contributed by atoms with Crippen LogP contribution in [0.1, 0.15) is 11.3 Å². The number of benzene rings is 1. The van der Waals surface area contributed by atoms with Crippen LogP contribution in [-0.2, 0) is 0 Å². The second-order valence-electron chi connectivity index (χ2n) is 3.24. The number of hydrogen-bond donors (Lipinski definition) is 0. The third-order valence-electron chi connectivity index (χ3n) is 1.97. The minimum Gasteiger partial charge on any atom is -0.245 e. The highest BCUT2D eigenvalue weighted by Crippen LogP contribution is 2.27. The molecule has 2 aromatic rings. The van der Waals surface area contributed by atoms with Crippen LogP contribution in [0.2, 0.25) is 0 Å². The van der Waals surface area contributed by atoms with Gasteiger partial charge < -0.3 is 0 Å². The van der Waals surface area contributed by atoms with Gasteiger partial charge in [-0.1, -0.05) is 29.5 Å². The van der Waals surface area contributed by atoms with Crippen molar-refractivity contribution in [2.24, 2.45) is 0 Å². The van der Waals surface area contributed by atoms with E-state index in [1.54, 1.807) is 6.20 Å². The summed E-state index contributed by atoms with van der Waals surface area (Å²) in [6, 6.07) is 10.1. The Bertz CT molecular complexity index is 546. The summed E-state index contributed by atoms with van der Waals surface area (Å²) >= 11 is 1.46. The number of nitrogens with zero attached hydrogens (tertiary/aromatic N) is 3. The maximum atomic E-state index is 8.89. The van der Waals surface area contributed by atoms with Crippen LogP contribution in [0.25, 0.3) is 0 Å². The Morgan fingerprint density at radius 3 is 2.81 bits per heavy atom. The Kier molecular flexibility index (Phi) is 3.18. The fourth-order valence-corrected chi connectivity index (χ4v) is 2.19. The third kappa shape index (κ3) is 2.38. The number of rotatable bonds is 2. The molecular formula is C12H9N3S. The van der Waals surface area contributed by atoms with E-state index in [-0.39, 0.29) is 0 Å². The molecule has 0 atom stereocenters. The highest BCUT2D eigenvalue weighted by Gasteiger charge is 2.05. The van der Waals surface area contributed by atoms with Gasteiger partial charge in [0.05, 0.1) is 0 Å². The number of nitriles is 1. The minimum absolute atomic E-state index is 0.369. The molecule has 2 rings (SSSR count). The molecule has 16 heavy (non-hydrogen) atoms. The second kappa shape index (κ2) is 4.77.